The van der Waals surface area contributed by atoms with Gasteiger partial charge in [0.1, 0.15) is 17.3 Å². The van der Waals surface area contributed by atoms with Crippen molar-refractivity contribution in [3.63, 3.8) is 0 Å². The van der Waals surface area contributed by atoms with Gasteiger partial charge in [-0.15, -0.1) is 10.2 Å². The Morgan fingerprint density at radius 3 is 2.21 bits per heavy atom. The summed E-state index contributed by atoms with van der Waals surface area (Å²) >= 11 is 1.51. The highest BCUT2D eigenvalue weighted by molar-refractivity contribution is 8.00. The summed E-state index contributed by atoms with van der Waals surface area (Å²) in [6, 6.07) is 15.5. The molecule has 1 aromatic heterocycles. The number of ether oxygens (including phenoxy) is 2. The molecule has 4 rings (SSSR count). The van der Waals surface area contributed by atoms with Crippen molar-refractivity contribution in [2.45, 2.75) is 36.1 Å². The molecule has 6 nitrogen and oxygen atoms in total. The minimum absolute atomic E-state index is 0.0614. The third-order valence-corrected chi connectivity index (χ3v) is 6.32. The van der Waals surface area contributed by atoms with Crippen LogP contribution in [0.3, 0.4) is 0 Å². The van der Waals surface area contributed by atoms with Crippen LogP contribution in [0.25, 0.3) is 17.1 Å². The van der Waals surface area contributed by atoms with Gasteiger partial charge in [0, 0.05) is 17.7 Å². The highest BCUT2D eigenvalue weighted by Gasteiger charge is 2.27. The largest absolute Gasteiger partial charge is 0.497 e. The minimum atomic E-state index is -0.0614. The zero-order chi connectivity index (χ0) is 20.2. The maximum absolute atomic E-state index is 12.4. The van der Waals surface area contributed by atoms with Crippen molar-refractivity contribution in [2.24, 2.45) is 0 Å². The molecule has 1 aliphatic carbocycles. The van der Waals surface area contributed by atoms with Crippen LogP contribution in [0.5, 0.6) is 11.5 Å². The Kier molecular flexibility index (Phi) is 5.85. The number of carbonyl (C=O) groups is 1. The van der Waals surface area contributed by atoms with Gasteiger partial charge in [0.2, 0.25) is 0 Å². The zero-order valence-corrected chi connectivity index (χ0v) is 17.3. The summed E-state index contributed by atoms with van der Waals surface area (Å²) in [5, 5.41) is 9.57. The number of Topliss-reactive ketones (excluding diaryl/α,β-unsaturated/α-hetero) is 1. The van der Waals surface area contributed by atoms with Crippen molar-refractivity contribution >= 4 is 17.5 Å². The molecule has 29 heavy (non-hydrogen) atoms. The third-order valence-electron chi connectivity index (χ3n) is 5.06. The normalized spacial score (nSPS) is 16.6. The second kappa shape index (κ2) is 8.69. The van der Waals surface area contributed by atoms with E-state index in [-0.39, 0.29) is 5.25 Å². The van der Waals surface area contributed by atoms with Gasteiger partial charge in [-0.3, -0.25) is 9.36 Å². The topological polar surface area (TPSA) is 66.2 Å². The first-order valence-corrected chi connectivity index (χ1v) is 10.5. The van der Waals surface area contributed by atoms with E-state index in [0.717, 1.165) is 53.0 Å². The smallest absolute Gasteiger partial charge is 0.196 e. The van der Waals surface area contributed by atoms with Crippen LogP contribution in [0.1, 0.15) is 25.7 Å². The number of nitrogens with zero attached hydrogens (tertiary/aromatic N) is 3. The Labute approximate surface area is 174 Å². The molecule has 1 saturated carbocycles. The standard InChI is InChI=1S/C22H23N3O3S/c1-27-17-11-7-15(8-12-17)21-23-24-22(29-20-6-4-3-5-19(20)26)25(21)16-9-13-18(28-2)14-10-16/h7-14,20H,3-6H2,1-2H3/t20-/m0/s1. The Bertz CT molecular complexity index is 984. The van der Waals surface area contributed by atoms with Crippen molar-refractivity contribution in [3.8, 4) is 28.6 Å². The number of carbonyl (C=O) groups excluding carboxylic acids is 1. The van der Waals surface area contributed by atoms with Crippen LogP contribution < -0.4 is 9.47 Å². The van der Waals surface area contributed by atoms with Crippen LogP contribution in [0.4, 0.5) is 0 Å². The van der Waals surface area contributed by atoms with Gasteiger partial charge in [-0.25, -0.2) is 0 Å². The van der Waals surface area contributed by atoms with E-state index in [9.17, 15) is 4.79 Å². The molecule has 2 aromatic carbocycles. The van der Waals surface area contributed by atoms with Gasteiger partial charge < -0.3 is 9.47 Å². The SMILES string of the molecule is COc1ccc(-c2nnc(S[C@H]3CCCCC3=O)n2-c2ccc(OC)cc2)cc1. The highest BCUT2D eigenvalue weighted by atomic mass is 32.2. The average molecular weight is 410 g/mol. The Hall–Kier alpha value is -2.80. The minimum Gasteiger partial charge on any atom is -0.497 e. The van der Waals surface area contributed by atoms with Crippen LogP contribution in [0, 0.1) is 0 Å². The number of hydrogen-bond donors (Lipinski definition) is 0. The average Bonchev–Trinajstić information content (AvgIpc) is 3.19. The second-order valence-electron chi connectivity index (χ2n) is 6.89. The van der Waals surface area contributed by atoms with Crippen molar-refractivity contribution in [3.05, 3.63) is 48.5 Å². The molecule has 0 unspecified atom stereocenters. The third kappa shape index (κ3) is 4.15. The maximum atomic E-state index is 12.4. The summed E-state index contributed by atoms with van der Waals surface area (Å²) in [5.41, 5.74) is 1.85. The van der Waals surface area contributed by atoms with Gasteiger partial charge in [0.05, 0.1) is 19.5 Å². The van der Waals surface area contributed by atoms with Gasteiger partial charge in [0.15, 0.2) is 11.0 Å². The van der Waals surface area contributed by atoms with E-state index in [0.29, 0.717) is 12.2 Å². The zero-order valence-electron chi connectivity index (χ0n) is 16.5. The van der Waals surface area contributed by atoms with Crippen LogP contribution in [-0.4, -0.2) is 40.0 Å². The highest BCUT2D eigenvalue weighted by Crippen LogP contribution is 2.35. The Morgan fingerprint density at radius 1 is 0.931 bits per heavy atom. The molecule has 1 fully saturated rings. The summed E-state index contributed by atoms with van der Waals surface area (Å²) in [4.78, 5) is 12.4. The monoisotopic (exact) mass is 409 g/mol. The molecule has 1 atom stereocenters. The van der Waals surface area contributed by atoms with Crippen LogP contribution in [0.15, 0.2) is 53.7 Å². The molecule has 0 saturated heterocycles. The summed E-state index contributed by atoms with van der Waals surface area (Å²) in [6.07, 6.45) is 3.60. The number of aromatic nitrogens is 3. The van der Waals surface area contributed by atoms with E-state index in [4.69, 9.17) is 9.47 Å². The Morgan fingerprint density at radius 2 is 1.59 bits per heavy atom. The van der Waals surface area contributed by atoms with Crippen molar-refractivity contribution < 1.29 is 14.3 Å². The van der Waals surface area contributed by atoms with E-state index < -0.39 is 0 Å². The summed E-state index contributed by atoms with van der Waals surface area (Å²) in [6.45, 7) is 0. The van der Waals surface area contributed by atoms with Crippen LogP contribution >= 0.6 is 11.8 Å². The fraction of sp³-hybridized carbons (Fsp3) is 0.318. The van der Waals surface area contributed by atoms with Crippen LogP contribution in [-0.2, 0) is 4.79 Å². The first-order chi connectivity index (χ1) is 14.2. The number of thioether (sulfide) groups is 1. The molecule has 7 heteroatoms. The number of rotatable bonds is 6. The number of benzene rings is 2. The molecular weight excluding hydrogens is 386 g/mol. The van der Waals surface area contributed by atoms with Gasteiger partial charge >= 0.3 is 0 Å². The lowest BCUT2D eigenvalue weighted by Crippen LogP contribution is -2.21. The molecule has 0 amide bonds. The van der Waals surface area contributed by atoms with E-state index >= 15 is 0 Å². The second-order valence-corrected chi connectivity index (χ2v) is 8.06. The lowest BCUT2D eigenvalue weighted by molar-refractivity contribution is -0.119. The molecule has 150 valence electrons. The summed E-state index contributed by atoms with van der Waals surface area (Å²) < 4.78 is 12.6. The van der Waals surface area contributed by atoms with Gasteiger partial charge in [-0.2, -0.15) is 0 Å². The van der Waals surface area contributed by atoms with Gasteiger partial charge in [0.25, 0.3) is 0 Å². The van der Waals surface area contributed by atoms with Gasteiger partial charge in [-0.05, 0) is 61.4 Å². The van der Waals surface area contributed by atoms with Crippen LogP contribution in [0.2, 0.25) is 0 Å². The van der Waals surface area contributed by atoms with E-state index in [1.54, 1.807) is 14.2 Å². The number of hydrogen-bond acceptors (Lipinski definition) is 6. The lowest BCUT2D eigenvalue weighted by Gasteiger charge is -2.20. The lowest BCUT2D eigenvalue weighted by atomic mass is 9.99. The predicted molar refractivity (Wildman–Crippen MR) is 113 cm³/mol. The van der Waals surface area contributed by atoms with E-state index in [2.05, 4.69) is 10.2 Å². The predicted octanol–water partition coefficient (Wildman–Crippen LogP) is 4.56. The van der Waals surface area contributed by atoms with Crippen molar-refractivity contribution in [2.75, 3.05) is 14.2 Å². The fourth-order valence-corrected chi connectivity index (χ4v) is 4.61. The molecule has 1 heterocycles. The first-order valence-electron chi connectivity index (χ1n) is 9.63. The Balaban J connectivity index is 1.75. The molecule has 0 N–H and O–H groups in total. The summed E-state index contributed by atoms with van der Waals surface area (Å²) in [5.74, 6) is 2.59. The quantitative estimate of drug-likeness (QED) is 0.595. The molecule has 0 radical (unpaired) electrons. The van der Waals surface area contributed by atoms with E-state index in [1.165, 1.54) is 11.8 Å². The van der Waals surface area contributed by atoms with E-state index in [1.807, 2.05) is 53.1 Å². The molecule has 3 aromatic rings. The molecule has 0 spiro atoms. The molecule has 1 aliphatic rings. The molecular formula is C22H23N3O3S. The molecule has 0 bridgehead atoms. The maximum Gasteiger partial charge on any atom is 0.196 e. The van der Waals surface area contributed by atoms with Crippen molar-refractivity contribution in [1.82, 2.24) is 14.8 Å². The summed E-state index contributed by atoms with van der Waals surface area (Å²) in [7, 11) is 3.29. The molecule has 0 aliphatic heterocycles. The fourth-order valence-electron chi connectivity index (χ4n) is 3.44. The van der Waals surface area contributed by atoms with Crippen molar-refractivity contribution in [1.29, 1.82) is 0 Å². The number of ketones is 1. The first kappa shape index (κ1) is 19.5. The van der Waals surface area contributed by atoms with Gasteiger partial charge in [-0.1, -0.05) is 18.2 Å². The number of methoxy groups -OCH3 is 2.